The van der Waals surface area contributed by atoms with Crippen molar-refractivity contribution in [1.29, 1.82) is 0 Å². The quantitative estimate of drug-likeness (QED) is 0.659. The fourth-order valence-electron chi connectivity index (χ4n) is 2.83. The van der Waals surface area contributed by atoms with Crippen molar-refractivity contribution in [2.24, 2.45) is 0 Å². The lowest BCUT2D eigenvalue weighted by Gasteiger charge is -2.13. The Morgan fingerprint density at radius 2 is 1.69 bits per heavy atom. The van der Waals surface area contributed by atoms with E-state index in [1.165, 1.54) is 0 Å². The number of amides is 1. The number of nitrogens with zero attached hydrogens (tertiary/aromatic N) is 1. The normalized spacial score (nSPS) is 10.4. The van der Waals surface area contributed by atoms with Crippen LogP contribution in [-0.2, 0) is 20.8 Å². The van der Waals surface area contributed by atoms with Crippen molar-refractivity contribution >= 4 is 23.5 Å². The van der Waals surface area contributed by atoms with E-state index in [0.29, 0.717) is 17.8 Å². The van der Waals surface area contributed by atoms with Gasteiger partial charge in [0.2, 0.25) is 0 Å². The molecule has 0 atom stereocenters. The molecule has 1 aromatic carbocycles. The summed E-state index contributed by atoms with van der Waals surface area (Å²) in [5.41, 5.74) is 3.37. The van der Waals surface area contributed by atoms with Crippen molar-refractivity contribution in [3.63, 3.8) is 0 Å². The predicted octanol–water partition coefficient (Wildman–Crippen LogP) is 2.35. The van der Waals surface area contributed by atoms with Crippen molar-refractivity contribution in [3.8, 4) is 0 Å². The van der Waals surface area contributed by atoms with Crippen LogP contribution in [0.4, 0.5) is 5.69 Å². The van der Waals surface area contributed by atoms with Crippen LogP contribution in [-0.4, -0.2) is 50.1 Å². The Hall–Kier alpha value is -3.29. The van der Waals surface area contributed by atoms with Crippen LogP contribution in [0.3, 0.4) is 0 Å². The van der Waals surface area contributed by atoms with Crippen LogP contribution >= 0.6 is 0 Å². The van der Waals surface area contributed by atoms with Gasteiger partial charge in [0, 0.05) is 32.0 Å². The molecule has 29 heavy (non-hydrogen) atoms. The maximum Gasteiger partial charge on any atom is 0.355 e. The molecule has 2 rings (SSSR count). The molecule has 2 N–H and O–H groups in total. The van der Waals surface area contributed by atoms with E-state index in [1.807, 2.05) is 43.3 Å². The summed E-state index contributed by atoms with van der Waals surface area (Å²) in [4.78, 5) is 41.2. The van der Waals surface area contributed by atoms with Gasteiger partial charge in [-0.25, -0.2) is 9.59 Å². The second kappa shape index (κ2) is 9.77. The van der Waals surface area contributed by atoms with Crippen molar-refractivity contribution < 1.29 is 23.9 Å². The van der Waals surface area contributed by atoms with Gasteiger partial charge >= 0.3 is 11.9 Å². The fraction of sp³-hybridized carbons (Fsp3) is 0.381. The predicted molar refractivity (Wildman–Crippen MR) is 109 cm³/mol. The summed E-state index contributed by atoms with van der Waals surface area (Å²) in [7, 11) is 3.91. The Bertz CT molecular complexity index is 884. The van der Waals surface area contributed by atoms with E-state index >= 15 is 0 Å². The van der Waals surface area contributed by atoms with E-state index in [0.717, 1.165) is 11.3 Å². The maximum atomic E-state index is 12.4. The Morgan fingerprint density at radius 1 is 1.03 bits per heavy atom. The summed E-state index contributed by atoms with van der Waals surface area (Å²) in [6.07, 6.45) is 0. The minimum atomic E-state index is -0.669. The number of aromatic amines is 1. The SMILES string of the molecule is CCOC(=O)c1[nH]c(C)c(C(=O)OCC(=O)NCc2ccc(N(C)C)cc2)c1C. The van der Waals surface area contributed by atoms with Gasteiger partial charge in [0.05, 0.1) is 12.2 Å². The number of benzene rings is 1. The lowest BCUT2D eigenvalue weighted by Crippen LogP contribution is -2.28. The van der Waals surface area contributed by atoms with Gasteiger partial charge in [0.15, 0.2) is 6.61 Å². The number of nitrogens with one attached hydrogen (secondary N) is 2. The van der Waals surface area contributed by atoms with Crippen LogP contribution in [0.25, 0.3) is 0 Å². The van der Waals surface area contributed by atoms with Gasteiger partial charge in [0.25, 0.3) is 5.91 Å². The molecule has 0 spiro atoms. The van der Waals surface area contributed by atoms with Gasteiger partial charge in [-0.15, -0.1) is 0 Å². The molecule has 0 aliphatic heterocycles. The molecule has 0 aliphatic rings. The van der Waals surface area contributed by atoms with Gasteiger partial charge in [-0.2, -0.15) is 0 Å². The first-order chi connectivity index (χ1) is 13.7. The third kappa shape index (κ3) is 5.60. The van der Waals surface area contributed by atoms with Gasteiger partial charge in [-0.05, 0) is 44.0 Å². The van der Waals surface area contributed by atoms with Crippen molar-refractivity contribution in [2.45, 2.75) is 27.3 Å². The molecular weight excluding hydrogens is 374 g/mol. The highest BCUT2D eigenvalue weighted by Crippen LogP contribution is 2.20. The van der Waals surface area contributed by atoms with Gasteiger partial charge in [-0.1, -0.05) is 12.1 Å². The molecule has 2 aromatic rings. The first-order valence-electron chi connectivity index (χ1n) is 9.31. The first kappa shape index (κ1) is 22.0. The second-order valence-electron chi connectivity index (χ2n) is 6.76. The average molecular weight is 401 g/mol. The summed E-state index contributed by atoms with van der Waals surface area (Å²) in [5, 5.41) is 2.71. The van der Waals surface area contributed by atoms with Crippen LogP contribution in [0, 0.1) is 13.8 Å². The van der Waals surface area contributed by atoms with Crippen LogP contribution in [0.2, 0.25) is 0 Å². The smallest absolute Gasteiger partial charge is 0.355 e. The molecule has 156 valence electrons. The fourth-order valence-corrected chi connectivity index (χ4v) is 2.83. The van der Waals surface area contributed by atoms with E-state index in [-0.39, 0.29) is 17.9 Å². The number of carbonyl (C=O) groups is 3. The molecule has 0 radical (unpaired) electrons. The number of rotatable bonds is 8. The van der Waals surface area contributed by atoms with E-state index < -0.39 is 24.5 Å². The van der Waals surface area contributed by atoms with Crippen molar-refractivity contribution in [2.75, 3.05) is 32.2 Å². The largest absolute Gasteiger partial charge is 0.461 e. The number of esters is 2. The highest BCUT2D eigenvalue weighted by Gasteiger charge is 2.24. The highest BCUT2D eigenvalue weighted by atomic mass is 16.5. The lowest BCUT2D eigenvalue weighted by molar-refractivity contribution is -0.124. The molecule has 8 heteroatoms. The minimum absolute atomic E-state index is 0.210. The summed E-state index contributed by atoms with van der Waals surface area (Å²) < 4.78 is 10.1. The Morgan fingerprint density at radius 3 is 2.28 bits per heavy atom. The van der Waals surface area contributed by atoms with Crippen molar-refractivity contribution in [1.82, 2.24) is 10.3 Å². The van der Waals surface area contributed by atoms with Gasteiger partial charge < -0.3 is 24.7 Å². The number of aryl methyl sites for hydroxylation is 1. The zero-order chi connectivity index (χ0) is 21.6. The maximum absolute atomic E-state index is 12.4. The molecule has 0 bridgehead atoms. The summed E-state index contributed by atoms with van der Waals surface area (Å²) in [6, 6.07) is 7.76. The van der Waals surface area contributed by atoms with Gasteiger partial charge in [0.1, 0.15) is 5.69 Å². The van der Waals surface area contributed by atoms with Gasteiger partial charge in [-0.3, -0.25) is 4.79 Å². The number of hydrogen-bond donors (Lipinski definition) is 2. The first-order valence-corrected chi connectivity index (χ1v) is 9.31. The number of H-pyrrole nitrogens is 1. The second-order valence-corrected chi connectivity index (χ2v) is 6.76. The zero-order valence-corrected chi connectivity index (χ0v) is 17.4. The Labute approximate surface area is 170 Å². The van der Waals surface area contributed by atoms with Crippen LogP contribution in [0.15, 0.2) is 24.3 Å². The minimum Gasteiger partial charge on any atom is -0.461 e. The monoisotopic (exact) mass is 401 g/mol. The molecular formula is C21H27N3O5. The molecule has 1 aromatic heterocycles. The Balaban J connectivity index is 1.90. The third-order valence-electron chi connectivity index (χ3n) is 4.40. The average Bonchev–Trinajstić information content (AvgIpc) is 2.99. The van der Waals surface area contributed by atoms with Crippen LogP contribution < -0.4 is 10.2 Å². The van der Waals surface area contributed by atoms with Crippen LogP contribution in [0.5, 0.6) is 0 Å². The Kier molecular flexibility index (Phi) is 7.41. The molecule has 1 heterocycles. The van der Waals surface area contributed by atoms with Crippen molar-refractivity contribution in [3.05, 3.63) is 52.3 Å². The highest BCUT2D eigenvalue weighted by molar-refractivity contribution is 5.99. The zero-order valence-electron chi connectivity index (χ0n) is 17.4. The molecule has 0 fully saturated rings. The van der Waals surface area contributed by atoms with E-state index in [9.17, 15) is 14.4 Å². The van der Waals surface area contributed by atoms with Crippen LogP contribution in [0.1, 0.15) is 44.6 Å². The number of ether oxygens (including phenoxy) is 2. The number of aromatic nitrogens is 1. The topological polar surface area (TPSA) is 101 Å². The lowest BCUT2D eigenvalue weighted by atomic mass is 10.1. The molecule has 0 unspecified atom stereocenters. The molecule has 8 nitrogen and oxygen atoms in total. The molecule has 0 saturated carbocycles. The summed E-state index contributed by atoms with van der Waals surface area (Å²) >= 11 is 0. The van der Waals surface area contributed by atoms with E-state index in [4.69, 9.17) is 9.47 Å². The number of anilines is 1. The van der Waals surface area contributed by atoms with E-state index in [1.54, 1.807) is 20.8 Å². The molecule has 0 aliphatic carbocycles. The number of hydrogen-bond acceptors (Lipinski definition) is 6. The summed E-state index contributed by atoms with van der Waals surface area (Å²) in [5.74, 6) is -1.62. The molecule has 0 saturated heterocycles. The molecule has 1 amide bonds. The summed E-state index contributed by atoms with van der Waals surface area (Å²) in [6.45, 7) is 5.14. The number of carbonyl (C=O) groups excluding carboxylic acids is 3. The third-order valence-corrected chi connectivity index (χ3v) is 4.40. The van der Waals surface area contributed by atoms with E-state index in [2.05, 4.69) is 10.3 Å². The standard InChI is InChI=1S/C21H27N3O5/c1-6-28-21(27)19-13(2)18(14(3)23-19)20(26)29-12-17(25)22-11-15-7-9-16(10-8-15)24(4)5/h7-10,23H,6,11-12H2,1-5H3,(H,22,25).